The minimum Gasteiger partial charge on any atom is -0.391 e. The first-order chi connectivity index (χ1) is 7.26. The lowest BCUT2D eigenvalue weighted by atomic mass is 9.98. The van der Waals surface area contributed by atoms with Gasteiger partial charge in [0.05, 0.1) is 11.5 Å². The van der Waals surface area contributed by atoms with Gasteiger partial charge in [0.15, 0.2) is 0 Å². The number of hydrogen-bond acceptors (Lipinski definition) is 4. The van der Waals surface area contributed by atoms with Crippen LogP contribution in [0.15, 0.2) is 16.3 Å². The molecular weight excluding hydrogens is 246 g/mol. The van der Waals surface area contributed by atoms with E-state index >= 15 is 0 Å². The van der Waals surface area contributed by atoms with Crippen molar-refractivity contribution in [1.82, 2.24) is 4.72 Å². The Balaban J connectivity index is 2.87. The summed E-state index contributed by atoms with van der Waals surface area (Å²) in [4.78, 5) is 0.658. The Morgan fingerprint density at radius 1 is 1.44 bits per heavy atom. The molecule has 0 radical (unpaired) electrons. The fraction of sp³-hybridized carbons (Fsp3) is 0.600. The topological polar surface area (TPSA) is 66.4 Å². The van der Waals surface area contributed by atoms with Crippen LogP contribution in [0, 0.1) is 5.41 Å². The molecule has 92 valence electrons. The van der Waals surface area contributed by atoms with Crippen molar-refractivity contribution in [3.63, 3.8) is 0 Å². The number of aliphatic hydroxyl groups excluding tert-OH is 1. The second-order valence-corrected chi connectivity index (χ2v) is 7.49. The van der Waals surface area contributed by atoms with Gasteiger partial charge in [-0.2, -0.15) is 0 Å². The fourth-order valence-electron chi connectivity index (χ4n) is 1.07. The van der Waals surface area contributed by atoms with Crippen molar-refractivity contribution in [3.05, 3.63) is 16.3 Å². The van der Waals surface area contributed by atoms with Crippen molar-refractivity contribution < 1.29 is 13.5 Å². The summed E-state index contributed by atoms with van der Waals surface area (Å²) in [5.74, 6) is 0. The van der Waals surface area contributed by atoms with Gasteiger partial charge in [0, 0.05) is 11.4 Å². The second-order valence-electron chi connectivity index (χ2n) is 4.75. The Morgan fingerprint density at radius 2 is 2.06 bits per heavy atom. The monoisotopic (exact) mass is 263 g/mol. The molecule has 0 fully saturated rings. The Bertz CT molecular complexity index is 443. The largest absolute Gasteiger partial charge is 0.391 e. The van der Waals surface area contributed by atoms with E-state index < -0.39 is 10.0 Å². The first-order valence-corrected chi connectivity index (χ1v) is 7.29. The molecule has 0 saturated heterocycles. The van der Waals surface area contributed by atoms with Gasteiger partial charge < -0.3 is 5.11 Å². The highest BCUT2D eigenvalue weighted by Crippen LogP contribution is 2.22. The third kappa shape index (κ3) is 3.55. The van der Waals surface area contributed by atoms with Crippen LogP contribution in [0.25, 0.3) is 0 Å². The molecule has 0 spiro atoms. The number of nitrogens with one attached hydrogen (secondary N) is 1. The van der Waals surface area contributed by atoms with E-state index in [2.05, 4.69) is 4.72 Å². The maximum absolute atomic E-state index is 11.9. The Morgan fingerprint density at radius 3 is 2.56 bits per heavy atom. The van der Waals surface area contributed by atoms with Gasteiger partial charge in [-0.25, -0.2) is 13.1 Å². The Hall–Kier alpha value is -0.430. The van der Waals surface area contributed by atoms with Crippen LogP contribution in [0.1, 0.15) is 25.6 Å². The molecule has 0 atom stereocenters. The number of thiophene rings is 1. The summed E-state index contributed by atoms with van der Waals surface area (Å²) in [7, 11) is -3.49. The summed E-state index contributed by atoms with van der Waals surface area (Å²) in [6.07, 6.45) is 0. The van der Waals surface area contributed by atoms with Crippen molar-refractivity contribution in [2.45, 2.75) is 32.3 Å². The van der Waals surface area contributed by atoms with Gasteiger partial charge in [-0.1, -0.05) is 20.8 Å². The van der Waals surface area contributed by atoms with Gasteiger partial charge in [-0.05, 0) is 16.9 Å². The van der Waals surface area contributed by atoms with Crippen LogP contribution in [-0.2, 0) is 16.6 Å². The van der Waals surface area contributed by atoms with Crippen LogP contribution in [0.4, 0.5) is 0 Å². The van der Waals surface area contributed by atoms with E-state index in [1.807, 2.05) is 20.8 Å². The summed E-state index contributed by atoms with van der Waals surface area (Å²) in [6, 6.07) is 1.52. The van der Waals surface area contributed by atoms with E-state index in [0.29, 0.717) is 11.4 Å². The van der Waals surface area contributed by atoms with Crippen LogP contribution in [0.2, 0.25) is 0 Å². The molecule has 0 unspecified atom stereocenters. The molecule has 1 rings (SSSR count). The lowest BCUT2D eigenvalue weighted by molar-refractivity contribution is 0.282. The lowest BCUT2D eigenvalue weighted by Crippen LogP contribution is -2.32. The first kappa shape index (κ1) is 13.6. The Kier molecular flexibility index (Phi) is 4.12. The van der Waals surface area contributed by atoms with Crippen LogP contribution in [0.5, 0.6) is 0 Å². The molecule has 0 aliphatic heterocycles. The second kappa shape index (κ2) is 4.83. The minimum atomic E-state index is -3.49. The zero-order valence-electron chi connectivity index (χ0n) is 9.65. The standard InChI is InChI=1S/C10H17NO3S2/c1-10(2,3)7-11-16(13,14)9-4-5-15-8(9)6-12/h4-5,11-12H,6-7H2,1-3H3. The molecule has 0 aliphatic carbocycles. The summed E-state index contributed by atoms with van der Waals surface area (Å²) in [5.41, 5.74) is -0.109. The SMILES string of the molecule is CC(C)(C)CNS(=O)(=O)c1ccsc1CO. The van der Waals surface area contributed by atoms with E-state index in [1.165, 1.54) is 17.4 Å². The normalized spacial score (nSPS) is 13.0. The molecule has 0 saturated carbocycles. The Labute approximate surface area is 100 Å². The molecule has 16 heavy (non-hydrogen) atoms. The molecule has 2 N–H and O–H groups in total. The van der Waals surface area contributed by atoms with Crippen LogP contribution in [0.3, 0.4) is 0 Å². The van der Waals surface area contributed by atoms with Gasteiger partial charge in [0.2, 0.25) is 10.0 Å². The molecule has 6 heteroatoms. The van der Waals surface area contributed by atoms with Crippen molar-refractivity contribution in [2.75, 3.05) is 6.54 Å². The highest BCUT2D eigenvalue weighted by molar-refractivity contribution is 7.89. The van der Waals surface area contributed by atoms with E-state index in [-0.39, 0.29) is 16.9 Å². The van der Waals surface area contributed by atoms with Gasteiger partial charge >= 0.3 is 0 Å². The minimum absolute atomic E-state index is 0.109. The summed E-state index contributed by atoms with van der Waals surface area (Å²) in [5, 5.41) is 10.7. The number of aliphatic hydroxyl groups is 1. The summed E-state index contributed by atoms with van der Waals surface area (Å²) >= 11 is 1.24. The lowest BCUT2D eigenvalue weighted by Gasteiger charge is -2.18. The third-order valence-electron chi connectivity index (χ3n) is 1.93. The van der Waals surface area contributed by atoms with Gasteiger partial charge in [-0.3, -0.25) is 0 Å². The number of hydrogen-bond donors (Lipinski definition) is 2. The van der Waals surface area contributed by atoms with Gasteiger partial charge in [0.1, 0.15) is 0 Å². The molecule has 0 aliphatic rings. The van der Waals surface area contributed by atoms with Crippen molar-refractivity contribution >= 4 is 21.4 Å². The van der Waals surface area contributed by atoms with E-state index in [9.17, 15) is 8.42 Å². The van der Waals surface area contributed by atoms with Crippen molar-refractivity contribution in [2.24, 2.45) is 5.41 Å². The zero-order chi connectivity index (χ0) is 12.4. The molecule has 1 heterocycles. The summed E-state index contributed by atoms with van der Waals surface area (Å²) < 4.78 is 26.4. The van der Waals surface area contributed by atoms with E-state index in [1.54, 1.807) is 5.38 Å². The number of sulfonamides is 1. The molecular formula is C10H17NO3S2. The quantitative estimate of drug-likeness (QED) is 0.866. The number of rotatable bonds is 4. The fourth-order valence-corrected chi connectivity index (χ4v) is 3.65. The average Bonchev–Trinajstić information content (AvgIpc) is 2.62. The summed E-state index contributed by atoms with van der Waals surface area (Å²) in [6.45, 7) is 5.99. The van der Waals surface area contributed by atoms with Gasteiger partial charge in [-0.15, -0.1) is 11.3 Å². The molecule has 0 bridgehead atoms. The van der Waals surface area contributed by atoms with Crippen molar-refractivity contribution in [1.29, 1.82) is 0 Å². The first-order valence-electron chi connectivity index (χ1n) is 4.93. The molecule has 0 aromatic carbocycles. The van der Waals surface area contributed by atoms with Crippen LogP contribution >= 0.6 is 11.3 Å². The van der Waals surface area contributed by atoms with Crippen LogP contribution < -0.4 is 4.72 Å². The van der Waals surface area contributed by atoms with E-state index in [0.717, 1.165) is 0 Å². The van der Waals surface area contributed by atoms with Crippen molar-refractivity contribution in [3.8, 4) is 0 Å². The molecule has 1 aromatic rings. The predicted molar refractivity (Wildman–Crippen MR) is 64.9 cm³/mol. The molecule has 4 nitrogen and oxygen atoms in total. The maximum Gasteiger partial charge on any atom is 0.241 e. The predicted octanol–water partition coefficient (Wildman–Crippen LogP) is 1.56. The average molecular weight is 263 g/mol. The highest BCUT2D eigenvalue weighted by atomic mass is 32.2. The highest BCUT2D eigenvalue weighted by Gasteiger charge is 2.21. The smallest absolute Gasteiger partial charge is 0.241 e. The molecule has 1 aromatic heterocycles. The maximum atomic E-state index is 11.9. The van der Waals surface area contributed by atoms with Gasteiger partial charge in [0.25, 0.3) is 0 Å². The third-order valence-corrected chi connectivity index (χ3v) is 4.45. The van der Waals surface area contributed by atoms with Crippen LogP contribution in [-0.4, -0.2) is 20.1 Å². The molecule has 0 amide bonds. The van der Waals surface area contributed by atoms with E-state index in [4.69, 9.17) is 5.11 Å². The zero-order valence-corrected chi connectivity index (χ0v) is 11.3.